The van der Waals surface area contributed by atoms with Crippen molar-refractivity contribution in [3.63, 3.8) is 0 Å². The van der Waals surface area contributed by atoms with Crippen LogP contribution in [0.3, 0.4) is 0 Å². The predicted molar refractivity (Wildman–Crippen MR) is 43.8 cm³/mol. The van der Waals surface area contributed by atoms with Crippen LogP contribution >= 0.6 is 0 Å². The van der Waals surface area contributed by atoms with Gasteiger partial charge in [-0.15, -0.1) is 0 Å². The predicted octanol–water partition coefficient (Wildman–Crippen LogP) is 1.76. The molecule has 1 rings (SSSR count). The topological polar surface area (TPSA) is 38.4 Å². The number of nitrogens with two attached hydrogens (primary N) is 1. The summed E-state index contributed by atoms with van der Waals surface area (Å²) in [5.41, 5.74) is 1.20. The number of hydrogen-bond donors (Lipinski definition) is 1. The highest BCUT2D eigenvalue weighted by Crippen LogP contribution is 2.25. The zero-order chi connectivity index (χ0) is 7.56. The normalized spacial score (nSPS) is 34.0. The van der Waals surface area contributed by atoms with Gasteiger partial charge in [-0.1, -0.05) is 13.8 Å². The van der Waals surface area contributed by atoms with Gasteiger partial charge in [0, 0.05) is 5.71 Å². The third-order valence-electron chi connectivity index (χ3n) is 2.16. The molecule has 2 N–H and O–H groups in total. The van der Waals surface area contributed by atoms with Gasteiger partial charge in [-0.05, 0) is 31.1 Å². The molecule has 10 heavy (non-hydrogen) atoms. The molecule has 0 aromatic rings. The Labute approximate surface area is 62.5 Å². The summed E-state index contributed by atoms with van der Waals surface area (Å²) in [6.45, 7) is 4.53. The summed E-state index contributed by atoms with van der Waals surface area (Å²) in [6, 6.07) is 0. The fourth-order valence-electron chi connectivity index (χ4n) is 1.85. The third-order valence-corrected chi connectivity index (χ3v) is 2.16. The highest BCUT2D eigenvalue weighted by molar-refractivity contribution is 5.85. The van der Waals surface area contributed by atoms with E-state index in [9.17, 15) is 0 Å². The van der Waals surface area contributed by atoms with Crippen LogP contribution in [0.15, 0.2) is 5.10 Å². The molecule has 0 amide bonds. The standard InChI is InChI=1S/C8H16N2/c1-6-3-7(2)5-8(4-6)10-9/h6-7H,3-5,9H2,1-2H3. The van der Waals surface area contributed by atoms with E-state index in [4.69, 9.17) is 5.84 Å². The third kappa shape index (κ3) is 1.72. The van der Waals surface area contributed by atoms with Crippen molar-refractivity contribution in [3.8, 4) is 0 Å². The molecule has 0 spiro atoms. The smallest absolute Gasteiger partial charge is 0.0381 e. The minimum absolute atomic E-state index is 0.783. The van der Waals surface area contributed by atoms with Crippen molar-refractivity contribution in [1.82, 2.24) is 0 Å². The Kier molecular flexibility index (Phi) is 2.30. The maximum atomic E-state index is 5.22. The number of hydrogen-bond acceptors (Lipinski definition) is 2. The lowest BCUT2D eigenvalue weighted by atomic mass is 9.82. The van der Waals surface area contributed by atoms with Crippen molar-refractivity contribution >= 4 is 5.71 Å². The second kappa shape index (κ2) is 3.04. The van der Waals surface area contributed by atoms with E-state index in [0.717, 1.165) is 24.7 Å². The summed E-state index contributed by atoms with van der Waals surface area (Å²) in [5, 5.41) is 3.76. The Hall–Kier alpha value is -0.530. The van der Waals surface area contributed by atoms with Gasteiger partial charge < -0.3 is 5.84 Å². The minimum atomic E-state index is 0.783. The van der Waals surface area contributed by atoms with Gasteiger partial charge in [0.05, 0.1) is 0 Å². The van der Waals surface area contributed by atoms with E-state index in [2.05, 4.69) is 18.9 Å². The van der Waals surface area contributed by atoms with Gasteiger partial charge in [0.25, 0.3) is 0 Å². The van der Waals surface area contributed by atoms with Gasteiger partial charge >= 0.3 is 0 Å². The molecule has 2 heteroatoms. The highest BCUT2D eigenvalue weighted by Gasteiger charge is 2.19. The molecule has 1 fully saturated rings. The van der Waals surface area contributed by atoms with Crippen LogP contribution in [0, 0.1) is 11.8 Å². The van der Waals surface area contributed by atoms with Crippen LogP contribution in [0.1, 0.15) is 33.1 Å². The average molecular weight is 140 g/mol. The molecule has 0 radical (unpaired) electrons. The van der Waals surface area contributed by atoms with E-state index in [0.29, 0.717) is 0 Å². The fourth-order valence-corrected chi connectivity index (χ4v) is 1.85. The lowest BCUT2D eigenvalue weighted by molar-refractivity contribution is 0.399. The Balaban J connectivity index is 2.51. The van der Waals surface area contributed by atoms with Gasteiger partial charge in [0.2, 0.25) is 0 Å². The summed E-state index contributed by atoms with van der Waals surface area (Å²) in [5.74, 6) is 6.78. The minimum Gasteiger partial charge on any atom is -0.323 e. The first kappa shape index (κ1) is 7.58. The maximum Gasteiger partial charge on any atom is 0.0381 e. The number of nitrogens with zero attached hydrogens (tertiary/aromatic N) is 1. The lowest BCUT2D eigenvalue weighted by Crippen LogP contribution is -2.20. The second-order valence-electron chi connectivity index (χ2n) is 3.55. The molecular formula is C8H16N2. The van der Waals surface area contributed by atoms with E-state index >= 15 is 0 Å². The SMILES string of the molecule is CC1CC(=NN)CC(C)C1. The average Bonchev–Trinajstić information content (AvgIpc) is 1.85. The van der Waals surface area contributed by atoms with E-state index in [1.165, 1.54) is 12.1 Å². The first-order valence-corrected chi connectivity index (χ1v) is 3.98. The van der Waals surface area contributed by atoms with Crippen molar-refractivity contribution in [2.24, 2.45) is 22.8 Å². The monoisotopic (exact) mass is 140 g/mol. The molecule has 0 heterocycles. The van der Waals surface area contributed by atoms with Crippen molar-refractivity contribution in [1.29, 1.82) is 0 Å². The second-order valence-corrected chi connectivity index (χ2v) is 3.55. The zero-order valence-corrected chi connectivity index (χ0v) is 6.80. The highest BCUT2D eigenvalue weighted by atomic mass is 15.1. The first-order valence-electron chi connectivity index (χ1n) is 3.98. The Morgan fingerprint density at radius 1 is 1.30 bits per heavy atom. The van der Waals surface area contributed by atoms with E-state index in [1.807, 2.05) is 0 Å². The Bertz CT molecular complexity index is 128. The van der Waals surface area contributed by atoms with Crippen LogP contribution in [0.2, 0.25) is 0 Å². The van der Waals surface area contributed by atoms with Gasteiger partial charge in [0.1, 0.15) is 0 Å². The molecule has 1 saturated carbocycles. The summed E-state index contributed by atoms with van der Waals surface area (Å²) in [4.78, 5) is 0. The van der Waals surface area contributed by atoms with Crippen molar-refractivity contribution in [2.75, 3.05) is 0 Å². The lowest BCUT2D eigenvalue weighted by Gasteiger charge is -2.24. The Morgan fingerprint density at radius 3 is 2.20 bits per heavy atom. The van der Waals surface area contributed by atoms with Crippen molar-refractivity contribution < 1.29 is 0 Å². The number of hydrazone groups is 1. The summed E-state index contributed by atoms with van der Waals surface area (Å²) < 4.78 is 0. The molecule has 58 valence electrons. The van der Waals surface area contributed by atoms with E-state index in [-0.39, 0.29) is 0 Å². The molecule has 2 unspecified atom stereocenters. The van der Waals surface area contributed by atoms with Crippen molar-refractivity contribution in [3.05, 3.63) is 0 Å². The molecule has 1 aliphatic rings. The van der Waals surface area contributed by atoms with E-state index < -0.39 is 0 Å². The first-order chi connectivity index (χ1) is 4.72. The maximum absolute atomic E-state index is 5.22. The van der Waals surface area contributed by atoms with Crippen LogP contribution in [-0.4, -0.2) is 5.71 Å². The van der Waals surface area contributed by atoms with Crippen LogP contribution in [0.25, 0.3) is 0 Å². The molecule has 0 aliphatic heterocycles. The fraction of sp³-hybridized carbons (Fsp3) is 0.875. The molecule has 2 nitrogen and oxygen atoms in total. The quantitative estimate of drug-likeness (QED) is 0.404. The van der Waals surface area contributed by atoms with Gasteiger partial charge in [-0.2, -0.15) is 5.10 Å². The zero-order valence-electron chi connectivity index (χ0n) is 6.80. The molecular weight excluding hydrogens is 124 g/mol. The largest absolute Gasteiger partial charge is 0.323 e. The Morgan fingerprint density at radius 2 is 1.80 bits per heavy atom. The molecule has 1 aliphatic carbocycles. The van der Waals surface area contributed by atoms with Crippen LogP contribution < -0.4 is 5.84 Å². The summed E-state index contributed by atoms with van der Waals surface area (Å²) in [7, 11) is 0. The molecule has 2 atom stereocenters. The van der Waals surface area contributed by atoms with Gasteiger partial charge in [-0.3, -0.25) is 0 Å². The van der Waals surface area contributed by atoms with Crippen LogP contribution in [0.5, 0.6) is 0 Å². The van der Waals surface area contributed by atoms with E-state index in [1.54, 1.807) is 0 Å². The van der Waals surface area contributed by atoms with Crippen LogP contribution in [0.4, 0.5) is 0 Å². The molecule has 0 saturated heterocycles. The summed E-state index contributed by atoms with van der Waals surface area (Å²) >= 11 is 0. The van der Waals surface area contributed by atoms with Crippen molar-refractivity contribution in [2.45, 2.75) is 33.1 Å². The van der Waals surface area contributed by atoms with Gasteiger partial charge in [0.15, 0.2) is 0 Å². The molecule has 0 aromatic heterocycles. The molecule has 0 bridgehead atoms. The van der Waals surface area contributed by atoms with Crippen LogP contribution in [-0.2, 0) is 0 Å². The number of rotatable bonds is 0. The molecule has 0 aromatic carbocycles. The van der Waals surface area contributed by atoms with Gasteiger partial charge in [-0.25, -0.2) is 0 Å². The summed E-state index contributed by atoms with van der Waals surface area (Å²) in [6.07, 6.45) is 3.56.